The summed E-state index contributed by atoms with van der Waals surface area (Å²) in [4.78, 5) is 5.28. The highest BCUT2D eigenvalue weighted by Crippen LogP contribution is 2.52. The molecule has 7 heteroatoms. The van der Waals surface area contributed by atoms with Gasteiger partial charge in [-0.1, -0.05) is 112 Å². The summed E-state index contributed by atoms with van der Waals surface area (Å²) in [5.41, 5.74) is 23.0. The second-order valence-electron chi connectivity index (χ2n) is 20.3. The summed E-state index contributed by atoms with van der Waals surface area (Å²) in [7, 11) is 0. The molecule has 8 aromatic carbocycles. The molecule has 4 aromatic heterocycles. The van der Waals surface area contributed by atoms with Crippen LogP contribution in [0.1, 0.15) is 43.0 Å². The molecule has 0 bridgehead atoms. The molecule has 336 valence electrons. The average molecular weight is 971 g/mol. The van der Waals surface area contributed by atoms with Crippen LogP contribution in [-0.4, -0.2) is 6.71 Å². The van der Waals surface area contributed by atoms with E-state index in [1.165, 1.54) is 140 Å². The minimum absolute atomic E-state index is 0.00129. The molecule has 6 heterocycles. The Hall–Kier alpha value is -6.74. The van der Waals surface area contributed by atoms with E-state index in [9.17, 15) is 0 Å². The highest BCUT2D eigenvalue weighted by atomic mass is 32.1. The molecule has 0 atom stereocenters. The molecule has 0 spiro atoms. The number of nitrogens with zero attached hydrogens (tertiary/aromatic N) is 2. The first-order chi connectivity index (χ1) is 34.1. The molecule has 2 aliphatic heterocycles. The number of aryl methyl sites for hydroxylation is 3. The van der Waals surface area contributed by atoms with Crippen molar-refractivity contribution in [1.29, 1.82) is 0 Å². The largest absolute Gasteiger partial charge is 0.311 e. The van der Waals surface area contributed by atoms with Crippen molar-refractivity contribution < 1.29 is 0 Å². The maximum atomic E-state index is 2.67. The second kappa shape index (κ2) is 15.6. The van der Waals surface area contributed by atoms with Crippen molar-refractivity contribution in [3.63, 3.8) is 0 Å². The third-order valence-electron chi connectivity index (χ3n) is 14.9. The van der Waals surface area contributed by atoms with Gasteiger partial charge in [-0.3, -0.25) is 0 Å². The summed E-state index contributed by atoms with van der Waals surface area (Å²) in [5.74, 6) is 0. The molecule has 0 unspecified atom stereocenters. The molecule has 0 saturated heterocycles. The standard InChI is InChI=1S/C63H47BN2S4/c1-36-26-53-60-54(27-36)66(61-37(2)28-41(29-38(61)3)50-35-69-57-21-12-9-18-46(50)57)62-59(47-32-42(63(4,5)6)23-25-58(47)70-62)64(60)51-24-22-40(49-34-68-56-20-11-8-17-45(49)56)31-52(51)65(53)43-15-13-14-39(30-43)48-33-67-55-19-10-7-16-44(48)55/h7-35H,1-6H3. The van der Waals surface area contributed by atoms with Gasteiger partial charge >= 0.3 is 0 Å². The van der Waals surface area contributed by atoms with Gasteiger partial charge in [-0.25, -0.2) is 0 Å². The SMILES string of the molecule is Cc1cc2c3c(c1)N(c1c(C)cc(-c4csc5ccccc45)cc1C)c1sc4ccc(C(C)(C)C)cc4c1B3c1ccc(-c3csc4ccccc34)cc1N2c1cccc(-c2csc3ccccc23)c1. The van der Waals surface area contributed by atoms with E-state index in [1.54, 1.807) is 0 Å². The van der Waals surface area contributed by atoms with E-state index in [2.05, 4.69) is 225 Å². The van der Waals surface area contributed by atoms with Gasteiger partial charge in [0.05, 0.1) is 10.7 Å². The zero-order valence-corrected chi connectivity index (χ0v) is 43.1. The van der Waals surface area contributed by atoms with Crippen molar-refractivity contribution in [1.82, 2.24) is 0 Å². The number of thiophene rings is 4. The molecule has 2 nitrogen and oxygen atoms in total. The topological polar surface area (TPSA) is 6.48 Å². The van der Waals surface area contributed by atoms with E-state index >= 15 is 0 Å². The highest BCUT2D eigenvalue weighted by Gasteiger charge is 2.46. The van der Waals surface area contributed by atoms with Crippen LogP contribution in [0, 0.1) is 20.8 Å². The predicted octanol–water partition coefficient (Wildman–Crippen LogP) is 17.9. The highest BCUT2D eigenvalue weighted by molar-refractivity contribution is 7.26. The average Bonchev–Trinajstić information content (AvgIpc) is 4.18. The van der Waals surface area contributed by atoms with Gasteiger partial charge in [0.2, 0.25) is 0 Å². The van der Waals surface area contributed by atoms with Crippen molar-refractivity contribution in [3.8, 4) is 33.4 Å². The fraction of sp³-hybridized carbons (Fsp3) is 0.111. The van der Waals surface area contributed by atoms with Gasteiger partial charge in [-0.05, 0) is 170 Å². The van der Waals surface area contributed by atoms with E-state index in [-0.39, 0.29) is 12.1 Å². The van der Waals surface area contributed by atoms with Gasteiger partial charge in [0.1, 0.15) is 0 Å². The van der Waals surface area contributed by atoms with Gasteiger partial charge < -0.3 is 9.80 Å². The zero-order valence-electron chi connectivity index (χ0n) is 39.8. The smallest absolute Gasteiger partial charge is 0.254 e. The van der Waals surface area contributed by atoms with Crippen LogP contribution in [-0.2, 0) is 5.41 Å². The fourth-order valence-electron chi connectivity index (χ4n) is 11.7. The molecule has 0 aliphatic carbocycles. The van der Waals surface area contributed by atoms with Crippen molar-refractivity contribution >= 4 is 142 Å². The fourth-order valence-corrected chi connectivity index (χ4v) is 15.8. The van der Waals surface area contributed by atoms with E-state index in [1.807, 2.05) is 45.3 Å². The number of rotatable bonds is 5. The minimum Gasteiger partial charge on any atom is -0.311 e. The van der Waals surface area contributed by atoms with Gasteiger partial charge in [-0.2, -0.15) is 0 Å². The van der Waals surface area contributed by atoms with Crippen LogP contribution in [0.15, 0.2) is 174 Å². The van der Waals surface area contributed by atoms with Gasteiger partial charge in [-0.15, -0.1) is 45.3 Å². The number of fused-ring (bicyclic) bond motifs is 9. The lowest BCUT2D eigenvalue weighted by molar-refractivity contribution is 0.591. The summed E-state index contributed by atoms with van der Waals surface area (Å²) >= 11 is 7.44. The Labute approximate surface area is 425 Å². The molecule has 0 amide bonds. The van der Waals surface area contributed by atoms with Gasteiger partial charge in [0.25, 0.3) is 6.71 Å². The molecule has 70 heavy (non-hydrogen) atoms. The molecule has 0 radical (unpaired) electrons. The van der Waals surface area contributed by atoms with Crippen LogP contribution in [0.25, 0.3) is 73.7 Å². The number of hydrogen-bond acceptors (Lipinski definition) is 6. The van der Waals surface area contributed by atoms with Crippen molar-refractivity contribution in [3.05, 3.63) is 196 Å². The van der Waals surface area contributed by atoms with Crippen LogP contribution < -0.4 is 26.2 Å². The molecule has 12 aromatic rings. The Balaban J connectivity index is 1.06. The first-order valence-electron chi connectivity index (χ1n) is 24.1. The van der Waals surface area contributed by atoms with Crippen LogP contribution in [0.4, 0.5) is 33.4 Å². The monoisotopic (exact) mass is 970 g/mol. The second-order valence-corrected chi connectivity index (χ2v) is 24.1. The Morgan fingerprint density at radius 3 is 1.63 bits per heavy atom. The molecule has 0 saturated carbocycles. The van der Waals surface area contributed by atoms with Crippen LogP contribution >= 0.6 is 45.3 Å². The lowest BCUT2D eigenvalue weighted by Gasteiger charge is -2.44. The lowest BCUT2D eigenvalue weighted by Crippen LogP contribution is -2.61. The number of anilines is 6. The molecule has 0 N–H and O–H groups in total. The summed E-state index contributed by atoms with van der Waals surface area (Å²) in [6.45, 7) is 14.0. The first kappa shape index (κ1) is 42.2. The summed E-state index contributed by atoms with van der Waals surface area (Å²) in [5, 5.41) is 13.6. The Morgan fingerprint density at radius 1 is 0.443 bits per heavy atom. The summed E-state index contributed by atoms with van der Waals surface area (Å²) < 4.78 is 5.27. The van der Waals surface area contributed by atoms with Crippen LogP contribution in [0.3, 0.4) is 0 Å². The Kier molecular flexibility index (Phi) is 9.42. The van der Waals surface area contributed by atoms with Crippen molar-refractivity contribution in [2.75, 3.05) is 9.80 Å². The van der Waals surface area contributed by atoms with E-state index in [0.717, 1.165) is 5.69 Å². The normalized spacial score (nSPS) is 13.2. The summed E-state index contributed by atoms with van der Waals surface area (Å²) in [6.07, 6.45) is 0. The molecular formula is C63H47BN2S4. The molecular weight excluding hydrogens is 924 g/mol. The Bertz CT molecular complexity index is 4110. The zero-order chi connectivity index (χ0) is 47.2. The number of benzene rings is 8. The first-order valence-corrected chi connectivity index (χ1v) is 27.6. The Morgan fingerprint density at radius 2 is 1.01 bits per heavy atom. The third-order valence-corrected chi connectivity index (χ3v) is 19.0. The van der Waals surface area contributed by atoms with E-state index < -0.39 is 0 Å². The molecule has 0 fully saturated rings. The predicted molar refractivity (Wildman–Crippen MR) is 311 cm³/mol. The van der Waals surface area contributed by atoms with E-state index in [4.69, 9.17) is 0 Å². The minimum atomic E-state index is -0.00927. The molecule has 14 rings (SSSR count). The summed E-state index contributed by atoms with van der Waals surface area (Å²) in [6, 6.07) is 60.3. The van der Waals surface area contributed by atoms with Gasteiger partial charge in [0, 0.05) is 74.4 Å². The molecule has 2 aliphatic rings. The maximum Gasteiger partial charge on any atom is 0.254 e. The van der Waals surface area contributed by atoms with Crippen molar-refractivity contribution in [2.45, 2.75) is 47.0 Å². The van der Waals surface area contributed by atoms with E-state index in [0.29, 0.717) is 0 Å². The lowest BCUT2D eigenvalue weighted by atomic mass is 9.33. The van der Waals surface area contributed by atoms with Crippen molar-refractivity contribution in [2.24, 2.45) is 0 Å². The quantitative estimate of drug-likeness (QED) is 0.159. The van der Waals surface area contributed by atoms with Gasteiger partial charge in [0.15, 0.2) is 0 Å². The number of hydrogen-bond donors (Lipinski definition) is 0. The third kappa shape index (κ3) is 6.34. The van der Waals surface area contributed by atoms with Crippen LogP contribution in [0.5, 0.6) is 0 Å². The maximum absolute atomic E-state index is 2.67. The van der Waals surface area contributed by atoms with Crippen LogP contribution in [0.2, 0.25) is 0 Å².